The lowest BCUT2D eigenvalue weighted by Gasteiger charge is -2.34. The van der Waals surface area contributed by atoms with Crippen LogP contribution in [0.5, 0.6) is 0 Å². The van der Waals surface area contributed by atoms with Gasteiger partial charge in [0.1, 0.15) is 22.9 Å². The van der Waals surface area contributed by atoms with Gasteiger partial charge >= 0.3 is 6.18 Å². The van der Waals surface area contributed by atoms with E-state index in [4.69, 9.17) is 9.72 Å². The van der Waals surface area contributed by atoms with E-state index in [0.717, 1.165) is 37.4 Å². The molecule has 2 aromatic heterocycles. The van der Waals surface area contributed by atoms with Gasteiger partial charge in [-0.15, -0.1) is 0 Å². The maximum absolute atomic E-state index is 13.4. The molecule has 4 bridgehead atoms. The third kappa shape index (κ3) is 5.42. The number of anilines is 2. The van der Waals surface area contributed by atoms with Crippen molar-refractivity contribution in [2.45, 2.75) is 81.9 Å². The van der Waals surface area contributed by atoms with E-state index in [1.807, 2.05) is 16.9 Å². The molecule has 1 saturated carbocycles. The molecule has 2 fully saturated rings. The van der Waals surface area contributed by atoms with Crippen molar-refractivity contribution in [2.24, 2.45) is 11.3 Å². The lowest BCUT2D eigenvalue weighted by atomic mass is 9.93. The predicted octanol–water partition coefficient (Wildman–Crippen LogP) is 5.03. The number of carbonyl (C=O) groups is 1. The molecule has 4 aliphatic rings. The highest BCUT2D eigenvalue weighted by Gasteiger charge is 2.62. The molecule has 13 heteroatoms. The summed E-state index contributed by atoms with van der Waals surface area (Å²) < 4.78 is 50.3. The molecule has 40 heavy (non-hydrogen) atoms. The number of aromatic nitrogens is 3. The van der Waals surface area contributed by atoms with Gasteiger partial charge in [-0.3, -0.25) is 19.2 Å². The standard InChI is InChI=1S/C27H34F3N7O2S/c1-25(2)16-18-4-3-12-35-13-8-22(33-35)40-34-24(38)19-5-6-20(31-23(19)36(25)17-18)37-14-7-21(32-37)39-15-11-26(9-10-26)27(28,29)30/h5-8,13-14,18,21,32H,3-4,9-12,15-17H2,1-2H3,(H,34,38). The van der Waals surface area contributed by atoms with Crippen molar-refractivity contribution in [1.82, 2.24) is 24.9 Å². The van der Waals surface area contributed by atoms with E-state index in [-0.39, 0.29) is 37.3 Å². The van der Waals surface area contributed by atoms with Crippen LogP contribution in [0.3, 0.4) is 0 Å². The number of rotatable bonds is 5. The number of hydrogen-bond donors (Lipinski definition) is 2. The minimum absolute atomic E-state index is 0.00636. The average molecular weight is 578 g/mol. The zero-order valence-electron chi connectivity index (χ0n) is 22.6. The Balaban J connectivity index is 1.20. The van der Waals surface area contributed by atoms with Gasteiger partial charge in [-0.25, -0.2) is 4.98 Å². The van der Waals surface area contributed by atoms with E-state index in [0.29, 0.717) is 23.1 Å². The number of nitrogens with zero attached hydrogens (tertiary/aromatic N) is 5. The smallest absolute Gasteiger partial charge is 0.358 e. The van der Waals surface area contributed by atoms with E-state index in [9.17, 15) is 18.0 Å². The highest BCUT2D eigenvalue weighted by Crippen LogP contribution is 2.59. The lowest BCUT2D eigenvalue weighted by molar-refractivity contribution is -0.192. The lowest BCUT2D eigenvalue weighted by Crippen LogP contribution is -2.41. The van der Waals surface area contributed by atoms with Crippen molar-refractivity contribution < 1.29 is 22.7 Å². The quantitative estimate of drug-likeness (QED) is 0.479. The number of hydrazine groups is 1. The first-order chi connectivity index (χ1) is 19.0. The first kappa shape index (κ1) is 27.4. The molecular formula is C27H34F3N7O2S. The molecule has 3 aliphatic heterocycles. The van der Waals surface area contributed by atoms with Crippen LogP contribution in [0.15, 0.2) is 41.7 Å². The first-order valence-electron chi connectivity index (χ1n) is 13.7. The Morgan fingerprint density at radius 2 is 2.05 bits per heavy atom. The van der Waals surface area contributed by atoms with Crippen LogP contribution in [0, 0.1) is 11.3 Å². The van der Waals surface area contributed by atoms with Gasteiger partial charge in [-0.2, -0.15) is 23.7 Å². The Hall–Kier alpha value is -2.77. The minimum Gasteiger partial charge on any atom is -0.358 e. The summed E-state index contributed by atoms with van der Waals surface area (Å²) in [5.74, 6) is 1.37. The summed E-state index contributed by atoms with van der Waals surface area (Å²) in [6, 6.07) is 5.42. The third-order valence-electron chi connectivity index (χ3n) is 8.44. The number of fused-ring (bicyclic) bond motifs is 6. The summed E-state index contributed by atoms with van der Waals surface area (Å²) in [6.07, 6.45) is 4.03. The molecule has 6 rings (SSSR count). The maximum atomic E-state index is 13.4. The molecule has 2 N–H and O–H groups in total. The van der Waals surface area contributed by atoms with Crippen LogP contribution in [0.4, 0.5) is 24.8 Å². The van der Waals surface area contributed by atoms with Crippen molar-refractivity contribution in [3.63, 3.8) is 0 Å². The highest BCUT2D eigenvalue weighted by atomic mass is 32.2. The molecule has 2 unspecified atom stereocenters. The van der Waals surface area contributed by atoms with E-state index in [1.54, 1.807) is 29.4 Å². The van der Waals surface area contributed by atoms with Gasteiger partial charge in [0, 0.05) is 49.6 Å². The number of nitrogens with one attached hydrogen (secondary N) is 2. The van der Waals surface area contributed by atoms with Gasteiger partial charge in [-0.1, -0.05) is 0 Å². The van der Waals surface area contributed by atoms with Crippen molar-refractivity contribution in [2.75, 3.05) is 23.1 Å². The number of carbonyl (C=O) groups excluding carboxylic acids is 1. The fourth-order valence-corrected chi connectivity index (χ4v) is 6.54. The fourth-order valence-electron chi connectivity index (χ4n) is 5.96. The normalized spacial score (nSPS) is 25.5. The molecule has 0 spiro atoms. The maximum Gasteiger partial charge on any atom is 0.394 e. The van der Waals surface area contributed by atoms with Crippen LogP contribution >= 0.6 is 11.9 Å². The number of alkyl halides is 3. The molecule has 0 aromatic carbocycles. The highest BCUT2D eigenvalue weighted by molar-refractivity contribution is 7.97. The van der Waals surface area contributed by atoms with E-state index in [1.165, 1.54) is 11.9 Å². The SMILES string of the molecule is CC1(C)CC2CCCn3ccc(n3)SNC(=O)c3ccc(N4C=CC(OCCC5(C(F)(F)F)CC5)N4)nc3N1C2. The van der Waals surface area contributed by atoms with Gasteiger partial charge in [0.25, 0.3) is 5.91 Å². The summed E-state index contributed by atoms with van der Waals surface area (Å²) in [5, 5.41) is 6.96. The minimum atomic E-state index is -4.19. The molecule has 1 aliphatic carbocycles. The van der Waals surface area contributed by atoms with Gasteiger partial charge in [0.15, 0.2) is 0 Å². The Morgan fingerprint density at radius 3 is 2.83 bits per heavy atom. The number of amides is 1. The first-order valence-corrected chi connectivity index (χ1v) is 14.6. The average Bonchev–Trinajstić information content (AvgIpc) is 3.20. The van der Waals surface area contributed by atoms with Crippen LogP contribution in [-0.4, -0.2) is 51.8 Å². The molecule has 2 atom stereocenters. The second-order valence-corrected chi connectivity index (χ2v) is 12.6. The van der Waals surface area contributed by atoms with E-state index in [2.05, 4.69) is 34.0 Å². The van der Waals surface area contributed by atoms with E-state index < -0.39 is 17.8 Å². The number of hydrogen-bond acceptors (Lipinski definition) is 8. The van der Waals surface area contributed by atoms with Crippen LogP contribution < -0.4 is 20.1 Å². The summed E-state index contributed by atoms with van der Waals surface area (Å²) in [4.78, 5) is 20.5. The Bertz CT molecular complexity index is 1290. The van der Waals surface area contributed by atoms with Crippen molar-refractivity contribution in [3.05, 3.63) is 42.2 Å². The Labute approximate surface area is 235 Å². The van der Waals surface area contributed by atoms with Gasteiger partial charge in [0.2, 0.25) is 0 Å². The summed E-state index contributed by atoms with van der Waals surface area (Å²) in [5.41, 5.74) is 1.83. The summed E-state index contributed by atoms with van der Waals surface area (Å²) in [7, 11) is 0. The molecule has 1 amide bonds. The van der Waals surface area contributed by atoms with Crippen molar-refractivity contribution in [1.29, 1.82) is 0 Å². The third-order valence-corrected chi connectivity index (χ3v) is 9.15. The molecule has 0 radical (unpaired) electrons. The largest absolute Gasteiger partial charge is 0.394 e. The molecule has 5 heterocycles. The topological polar surface area (TPSA) is 87.5 Å². The Morgan fingerprint density at radius 1 is 1.23 bits per heavy atom. The summed E-state index contributed by atoms with van der Waals surface area (Å²) in [6.45, 7) is 5.99. The molecule has 2 aromatic rings. The van der Waals surface area contributed by atoms with Crippen LogP contribution in [0.2, 0.25) is 0 Å². The van der Waals surface area contributed by atoms with Gasteiger partial charge in [0.05, 0.1) is 11.0 Å². The predicted molar refractivity (Wildman–Crippen MR) is 145 cm³/mol. The fraction of sp³-hybridized carbons (Fsp3) is 0.593. The number of ether oxygens (including phenoxy) is 1. The second-order valence-electron chi connectivity index (χ2n) is 11.8. The molecule has 216 valence electrons. The van der Waals surface area contributed by atoms with E-state index >= 15 is 0 Å². The summed E-state index contributed by atoms with van der Waals surface area (Å²) >= 11 is 1.18. The number of pyridine rings is 1. The monoisotopic (exact) mass is 577 g/mol. The van der Waals surface area contributed by atoms with Gasteiger partial charge < -0.3 is 9.64 Å². The van der Waals surface area contributed by atoms with Crippen molar-refractivity contribution in [3.8, 4) is 0 Å². The van der Waals surface area contributed by atoms with Gasteiger partial charge in [-0.05, 0) is 82.6 Å². The van der Waals surface area contributed by atoms with Crippen LogP contribution in [-0.2, 0) is 11.3 Å². The Kier molecular flexibility index (Phi) is 7.02. The molecule has 9 nitrogen and oxygen atoms in total. The number of aryl methyl sites for hydroxylation is 1. The van der Waals surface area contributed by atoms with Crippen LogP contribution in [0.1, 0.15) is 62.7 Å². The number of halogens is 3. The zero-order chi connectivity index (χ0) is 28.1. The van der Waals surface area contributed by atoms with Crippen LogP contribution in [0.25, 0.3) is 0 Å². The zero-order valence-corrected chi connectivity index (χ0v) is 23.4. The molecular weight excluding hydrogens is 543 g/mol. The molecule has 1 saturated heterocycles. The second kappa shape index (κ2) is 10.3. The van der Waals surface area contributed by atoms with Crippen molar-refractivity contribution >= 4 is 29.5 Å².